The maximum absolute atomic E-state index is 12.3. The van der Waals surface area contributed by atoms with Crippen LogP contribution in [-0.2, 0) is 6.54 Å². The highest BCUT2D eigenvalue weighted by molar-refractivity contribution is 5.87. The fourth-order valence-corrected chi connectivity index (χ4v) is 3.40. The summed E-state index contributed by atoms with van der Waals surface area (Å²) in [6, 6.07) is 5.39. The largest absolute Gasteiger partial charge is 0.493 e. The summed E-state index contributed by atoms with van der Waals surface area (Å²) >= 11 is 0. The minimum absolute atomic E-state index is 0.221. The van der Waals surface area contributed by atoms with Crippen LogP contribution in [0.25, 0.3) is 11.3 Å². The third-order valence-corrected chi connectivity index (χ3v) is 4.93. The first-order chi connectivity index (χ1) is 14.3. The highest BCUT2D eigenvalue weighted by atomic mass is 16.5. The molecule has 0 atom stereocenters. The minimum Gasteiger partial charge on any atom is -0.493 e. The molecule has 1 aromatic heterocycles. The fourth-order valence-electron chi connectivity index (χ4n) is 3.40. The number of carboxylic acids is 1. The molecule has 162 valence electrons. The number of ether oxygens (including phenoxy) is 2. The number of carbonyl (C=O) groups is 1. The van der Waals surface area contributed by atoms with Gasteiger partial charge in [-0.05, 0) is 36.3 Å². The lowest BCUT2D eigenvalue weighted by atomic mass is 10.0. The number of hydrogen-bond acceptors (Lipinski definition) is 4. The van der Waals surface area contributed by atoms with E-state index in [1.807, 2.05) is 6.07 Å². The molecular weight excluding hydrogens is 382 g/mol. The van der Waals surface area contributed by atoms with Crippen molar-refractivity contribution in [1.82, 2.24) is 4.57 Å². The van der Waals surface area contributed by atoms with Gasteiger partial charge in [0.25, 0.3) is 0 Å². The predicted molar refractivity (Wildman–Crippen MR) is 117 cm³/mol. The third kappa shape index (κ3) is 4.86. The van der Waals surface area contributed by atoms with Gasteiger partial charge in [0.1, 0.15) is 23.7 Å². The smallest absolute Gasteiger partial charge is 0.341 e. The first kappa shape index (κ1) is 21.9. The first-order valence-corrected chi connectivity index (χ1v) is 10.8. The first-order valence-electron chi connectivity index (χ1n) is 10.8. The Kier molecular flexibility index (Phi) is 6.85. The molecular formula is C24H31NO5. The van der Waals surface area contributed by atoms with Gasteiger partial charge >= 0.3 is 5.97 Å². The van der Waals surface area contributed by atoms with E-state index in [-0.39, 0.29) is 5.56 Å². The molecule has 1 N–H and O–H groups in total. The zero-order valence-corrected chi connectivity index (χ0v) is 18.2. The average Bonchev–Trinajstić information content (AvgIpc) is 3.53. The number of benzene rings is 1. The molecule has 0 radical (unpaired) electrons. The van der Waals surface area contributed by atoms with Crippen LogP contribution < -0.4 is 14.9 Å². The maximum atomic E-state index is 12.3. The molecule has 0 unspecified atom stereocenters. The van der Waals surface area contributed by atoms with Crippen molar-refractivity contribution in [2.75, 3.05) is 13.2 Å². The van der Waals surface area contributed by atoms with Crippen molar-refractivity contribution in [1.29, 1.82) is 0 Å². The highest BCUT2D eigenvalue weighted by Crippen LogP contribution is 2.48. The minimum atomic E-state index is -1.21. The summed E-state index contributed by atoms with van der Waals surface area (Å²) < 4.78 is 13.8. The Bertz CT molecular complexity index is 972. The monoisotopic (exact) mass is 413 g/mol. The summed E-state index contributed by atoms with van der Waals surface area (Å²) in [7, 11) is 0. The van der Waals surface area contributed by atoms with Gasteiger partial charge in [-0.15, -0.1) is 0 Å². The van der Waals surface area contributed by atoms with Crippen LogP contribution >= 0.6 is 0 Å². The fraction of sp³-hybridized carbons (Fsp3) is 0.500. The predicted octanol–water partition coefficient (Wildman–Crippen LogP) is 4.93. The Balaban J connectivity index is 0.000000806. The van der Waals surface area contributed by atoms with E-state index in [9.17, 15) is 14.7 Å². The van der Waals surface area contributed by atoms with Crippen LogP contribution in [-0.4, -0.2) is 28.9 Å². The zero-order chi connectivity index (χ0) is 21.8. The molecule has 6 nitrogen and oxygen atoms in total. The summed E-state index contributed by atoms with van der Waals surface area (Å²) in [5.41, 5.74) is 1.94. The van der Waals surface area contributed by atoms with Crippen molar-refractivity contribution in [3.8, 4) is 22.8 Å². The molecule has 1 aliphatic heterocycles. The Morgan fingerprint density at radius 1 is 1.27 bits per heavy atom. The van der Waals surface area contributed by atoms with E-state index in [0.717, 1.165) is 29.7 Å². The Hall–Kier alpha value is -2.76. The molecule has 30 heavy (non-hydrogen) atoms. The summed E-state index contributed by atoms with van der Waals surface area (Å²) in [5, 5.41) is 9.24. The number of aromatic nitrogens is 1. The van der Waals surface area contributed by atoms with Crippen LogP contribution in [0.3, 0.4) is 0 Å². The van der Waals surface area contributed by atoms with Crippen molar-refractivity contribution in [2.45, 2.75) is 59.4 Å². The van der Waals surface area contributed by atoms with Crippen LogP contribution in [0.2, 0.25) is 0 Å². The van der Waals surface area contributed by atoms with E-state index in [1.54, 1.807) is 4.57 Å². The second kappa shape index (κ2) is 9.37. The molecule has 1 aromatic carbocycles. The molecule has 1 aliphatic carbocycles. The molecule has 2 heterocycles. The van der Waals surface area contributed by atoms with Crippen LogP contribution in [0.15, 0.2) is 29.2 Å². The Morgan fingerprint density at radius 2 is 1.97 bits per heavy atom. The molecule has 6 heteroatoms. The second-order valence-corrected chi connectivity index (χ2v) is 8.36. The topological polar surface area (TPSA) is 77.8 Å². The van der Waals surface area contributed by atoms with E-state index in [4.69, 9.17) is 9.47 Å². The lowest BCUT2D eigenvalue weighted by molar-refractivity contribution is 0.0694. The van der Waals surface area contributed by atoms with Crippen LogP contribution in [0.4, 0.5) is 0 Å². The van der Waals surface area contributed by atoms with Crippen molar-refractivity contribution in [2.24, 2.45) is 5.92 Å². The highest BCUT2D eigenvalue weighted by Gasteiger charge is 2.30. The van der Waals surface area contributed by atoms with Gasteiger partial charge in [-0.1, -0.05) is 34.1 Å². The second-order valence-electron chi connectivity index (χ2n) is 8.36. The van der Waals surface area contributed by atoms with Gasteiger partial charge in [-0.3, -0.25) is 4.79 Å². The standard InChI is InChI=1S/C21H23NO5.C3H8/c1-12(2)11-27-19-9-20-15(7-14(19)13-3-4-13)17-8-18(23)16(21(24)25)10-22(17)5-6-26-20;1-3-2/h7-10,12-13H,3-6,11H2,1-2H3,(H,24,25);3H2,1-2H3. The Morgan fingerprint density at radius 3 is 2.57 bits per heavy atom. The summed E-state index contributed by atoms with van der Waals surface area (Å²) in [5.74, 6) is 1.20. The lowest BCUT2D eigenvalue weighted by Gasteiger charge is -2.17. The number of carboxylic acid groups (broad SMARTS) is 1. The normalized spacial score (nSPS) is 14.6. The van der Waals surface area contributed by atoms with Gasteiger partial charge in [-0.2, -0.15) is 0 Å². The van der Waals surface area contributed by atoms with Crippen molar-refractivity contribution in [3.63, 3.8) is 0 Å². The van der Waals surface area contributed by atoms with Crippen molar-refractivity contribution >= 4 is 5.97 Å². The number of pyridine rings is 1. The van der Waals surface area contributed by atoms with Crippen molar-refractivity contribution < 1.29 is 19.4 Å². The molecule has 1 fully saturated rings. The van der Waals surface area contributed by atoms with Crippen molar-refractivity contribution in [3.05, 3.63) is 45.7 Å². The third-order valence-electron chi connectivity index (χ3n) is 4.93. The van der Waals surface area contributed by atoms with Gasteiger partial charge < -0.3 is 19.1 Å². The van der Waals surface area contributed by atoms with Gasteiger partial charge in [0, 0.05) is 23.9 Å². The molecule has 0 amide bonds. The van der Waals surface area contributed by atoms with E-state index in [2.05, 4.69) is 33.8 Å². The summed E-state index contributed by atoms with van der Waals surface area (Å²) in [4.78, 5) is 23.6. The summed E-state index contributed by atoms with van der Waals surface area (Å²) in [6.07, 6.45) is 4.92. The number of hydrogen-bond donors (Lipinski definition) is 1. The number of rotatable bonds is 5. The van der Waals surface area contributed by atoms with E-state index >= 15 is 0 Å². The number of fused-ring (bicyclic) bond motifs is 3. The SMILES string of the molecule is CC(C)COc1cc2c(cc1C1CC1)-c1cc(=O)c(C(=O)O)cn1CCO2.CCC. The maximum Gasteiger partial charge on any atom is 0.341 e. The Labute approximate surface area is 177 Å². The molecule has 0 spiro atoms. The quantitative estimate of drug-likeness (QED) is 0.752. The molecule has 2 aromatic rings. The van der Waals surface area contributed by atoms with Gasteiger partial charge in [0.15, 0.2) is 5.43 Å². The van der Waals surface area contributed by atoms with E-state index < -0.39 is 11.4 Å². The molecule has 2 aliphatic rings. The van der Waals surface area contributed by atoms with Gasteiger partial charge in [0.2, 0.25) is 0 Å². The van der Waals surface area contributed by atoms with Crippen LogP contribution in [0, 0.1) is 5.92 Å². The average molecular weight is 414 g/mol. The lowest BCUT2D eigenvalue weighted by Crippen LogP contribution is -2.19. The molecule has 0 saturated heterocycles. The van der Waals surface area contributed by atoms with Crippen LogP contribution in [0.1, 0.15) is 68.8 Å². The van der Waals surface area contributed by atoms with E-state index in [1.165, 1.54) is 18.7 Å². The zero-order valence-electron chi connectivity index (χ0n) is 18.2. The number of nitrogens with zero attached hydrogens (tertiary/aromatic N) is 1. The van der Waals surface area contributed by atoms with Gasteiger partial charge in [-0.25, -0.2) is 4.79 Å². The molecule has 1 saturated carbocycles. The van der Waals surface area contributed by atoms with Gasteiger partial charge in [0.05, 0.1) is 18.8 Å². The van der Waals surface area contributed by atoms with Crippen LogP contribution in [0.5, 0.6) is 11.5 Å². The molecule has 4 rings (SSSR count). The molecule has 0 bridgehead atoms. The summed E-state index contributed by atoms with van der Waals surface area (Å²) in [6.45, 7) is 9.98. The number of aromatic carboxylic acids is 1. The van der Waals surface area contributed by atoms with E-state index in [0.29, 0.717) is 43.0 Å².